The first-order valence-electron chi connectivity index (χ1n) is 4.01. The molecule has 2 heteroatoms. The molecule has 0 aromatic heterocycles. The Labute approximate surface area is 79.9 Å². The van der Waals surface area contributed by atoms with Crippen LogP contribution in [0, 0.1) is 5.92 Å². The standard InChI is InChI=1S/C10H9BrO/c1-6-4-7-2-3-8(11)5-9(7)10(6)12/h2-3,5-6H,4H2,1H3. The molecule has 0 heterocycles. The van der Waals surface area contributed by atoms with E-state index in [1.54, 1.807) is 0 Å². The van der Waals surface area contributed by atoms with Gasteiger partial charge in [-0.05, 0) is 24.1 Å². The van der Waals surface area contributed by atoms with Crippen molar-refractivity contribution in [2.75, 3.05) is 0 Å². The summed E-state index contributed by atoms with van der Waals surface area (Å²) in [5.41, 5.74) is 2.09. The van der Waals surface area contributed by atoms with Gasteiger partial charge in [0.05, 0.1) is 0 Å². The molecule has 0 saturated carbocycles. The molecule has 1 aromatic carbocycles. The van der Waals surface area contributed by atoms with Gasteiger partial charge in [-0.2, -0.15) is 0 Å². The zero-order valence-corrected chi connectivity index (χ0v) is 8.39. The average Bonchev–Trinajstić information content (AvgIpc) is 2.31. The van der Waals surface area contributed by atoms with Crippen LogP contribution in [-0.4, -0.2) is 5.78 Å². The lowest BCUT2D eigenvalue weighted by atomic mass is 10.1. The molecule has 12 heavy (non-hydrogen) atoms. The van der Waals surface area contributed by atoms with Gasteiger partial charge >= 0.3 is 0 Å². The van der Waals surface area contributed by atoms with Crippen LogP contribution in [0.5, 0.6) is 0 Å². The number of halogens is 1. The highest BCUT2D eigenvalue weighted by atomic mass is 79.9. The number of Topliss-reactive ketones (excluding diaryl/α,β-unsaturated/α-hetero) is 1. The summed E-state index contributed by atoms with van der Waals surface area (Å²) in [6.45, 7) is 1.98. The van der Waals surface area contributed by atoms with E-state index in [4.69, 9.17) is 0 Å². The molecular weight excluding hydrogens is 216 g/mol. The van der Waals surface area contributed by atoms with Crippen LogP contribution in [-0.2, 0) is 6.42 Å². The number of hydrogen-bond acceptors (Lipinski definition) is 1. The van der Waals surface area contributed by atoms with E-state index in [-0.39, 0.29) is 11.7 Å². The molecule has 1 aliphatic rings. The summed E-state index contributed by atoms with van der Waals surface area (Å²) < 4.78 is 0.990. The van der Waals surface area contributed by atoms with Gasteiger partial charge in [0.15, 0.2) is 5.78 Å². The first-order valence-corrected chi connectivity index (χ1v) is 4.80. The summed E-state index contributed by atoms with van der Waals surface area (Å²) in [6.07, 6.45) is 0.904. The van der Waals surface area contributed by atoms with Gasteiger partial charge in [0.2, 0.25) is 0 Å². The van der Waals surface area contributed by atoms with E-state index < -0.39 is 0 Å². The van der Waals surface area contributed by atoms with Crippen LogP contribution < -0.4 is 0 Å². The third-order valence-electron chi connectivity index (χ3n) is 2.31. The maximum absolute atomic E-state index is 11.5. The summed E-state index contributed by atoms with van der Waals surface area (Å²) in [6, 6.07) is 5.94. The average molecular weight is 225 g/mol. The summed E-state index contributed by atoms with van der Waals surface area (Å²) in [5.74, 6) is 0.459. The highest BCUT2D eigenvalue weighted by Gasteiger charge is 2.26. The fourth-order valence-corrected chi connectivity index (χ4v) is 2.01. The molecule has 2 rings (SSSR count). The van der Waals surface area contributed by atoms with Crippen molar-refractivity contribution in [1.29, 1.82) is 0 Å². The van der Waals surface area contributed by atoms with Gasteiger partial charge in [-0.25, -0.2) is 0 Å². The van der Waals surface area contributed by atoms with Gasteiger partial charge in [-0.3, -0.25) is 4.79 Å². The van der Waals surface area contributed by atoms with Crippen molar-refractivity contribution in [2.45, 2.75) is 13.3 Å². The van der Waals surface area contributed by atoms with Crippen LogP contribution in [0.3, 0.4) is 0 Å². The quantitative estimate of drug-likeness (QED) is 0.663. The van der Waals surface area contributed by atoms with E-state index in [9.17, 15) is 4.79 Å². The normalized spacial score (nSPS) is 21.2. The SMILES string of the molecule is CC1Cc2ccc(Br)cc2C1=O. The topological polar surface area (TPSA) is 17.1 Å². The minimum Gasteiger partial charge on any atom is -0.294 e. The van der Waals surface area contributed by atoms with Crippen LogP contribution in [0.1, 0.15) is 22.8 Å². The number of benzene rings is 1. The van der Waals surface area contributed by atoms with Crippen molar-refractivity contribution in [2.24, 2.45) is 5.92 Å². The molecule has 0 N–H and O–H groups in total. The maximum atomic E-state index is 11.5. The number of carbonyl (C=O) groups excluding carboxylic acids is 1. The molecule has 1 unspecified atom stereocenters. The van der Waals surface area contributed by atoms with Gasteiger partial charge < -0.3 is 0 Å². The number of rotatable bonds is 0. The zero-order chi connectivity index (χ0) is 8.72. The molecule has 0 saturated heterocycles. The fraction of sp³-hybridized carbons (Fsp3) is 0.300. The van der Waals surface area contributed by atoms with Crippen molar-refractivity contribution in [3.8, 4) is 0 Å². The number of fused-ring (bicyclic) bond motifs is 1. The summed E-state index contributed by atoms with van der Waals surface area (Å²) in [5, 5.41) is 0. The Balaban J connectivity index is 2.56. The fourth-order valence-electron chi connectivity index (χ4n) is 1.64. The molecule has 1 aliphatic carbocycles. The summed E-state index contributed by atoms with van der Waals surface area (Å²) >= 11 is 3.36. The largest absolute Gasteiger partial charge is 0.294 e. The smallest absolute Gasteiger partial charge is 0.166 e. The third-order valence-corrected chi connectivity index (χ3v) is 2.80. The van der Waals surface area contributed by atoms with Crippen molar-refractivity contribution in [3.63, 3.8) is 0 Å². The van der Waals surface area contributed by atoms with Crippen LogP contribution >= 0.6 is 15.9 Å². The minimum absolute atomic E-state index is 0.175. The van der Waals surface area contributed by atoms with Gasteiger partial charge in [0.1, 0.15) is 0 Å². The van der Waals surface area contributed by atoms with E-state index in [0.29, 0.717) is 0 Å². The number of ketones is 1. The van der Waals surface area contributed by atoms with E-state index in [2.05, 4.69) is 15.9 Å². The Morgan fingerprint density at radius 2 is 2.25 bits per heavy atom. The van der Waals surface area contributed by atoms with Gasteiger partial charge in [0.25, 0.3) is 0 Å². The van der Waals surface area contributed by atoms with Gasteiger partial charge in [0, 0.05) is 16.0 Å². The van der Waals surface area contributed by atoms with Crippen molar-refractivity contribution >= 4 is 21.7 Å². The molecule has 0 radical (unpaired) electrons. The zero-order valence-electron chi connectivity index (χ0n) is 6.80. The Hall–Kier alpha value is -0.630. The molecule has 0 aliphatic heterocycles. The molecule has 0 amide bonds. The Kier molecular flexibility index (Phi) is 1.80. The second-order valence-corrected chi connectivity index (χ2v) is 4.19. The molecule has 1 nitrogen and oxygen atoms in total. The van der Waals surface area contributed by atoms with E-state index in [1.165, 1.54) is 5.56 Å². The predicted molar refractivity (Wildman–Crippen MR) is 51.3 cm³/mol. The van der Waals surface area contributed by atoms with Crippen LogP contribution in [0.4, 0.5) is 0 Å². The van der Waals surface area contributed by atoms with E-state index >= 15 is 0 Å². The van der Waals surface area contributed by atoms with Crippen molar-refractivity contribution < 1.29 is 4.79 Å². The molecule has 0 spiro atoms. The van der Waals surface area contributed by atoms with E-state index in [0.717, 1.165) is 16.5 Å². The molecule has 0 bridgehead atoms. The van der Waals surface area contributed by atoms with Crippen LogP contribution in [0.2, 0.25) is 0 Å². The monoisotopic (exact) mass is 224 g/mol. The summed E-state index contributed by atoms with van der Waals surface area (Å²) in [7, 11) is 0. The first-order chi connectivity index (χ1) is 5.68. The van der Waals surface area contributed by atoms with E-state index in [1.807, 2.05) is 25.1 Å². The molecule has 1 atom stereocenters. The Morgan fingerprint density at radius 3 is 3.00 bits per heavy atom. The number of carbonyl (C=O) groups is 1. The number of hydrogen-bond donors (Lipinski definition) is 0. The minimum atomic E-state index is 0.175. The van der Waals surface area contributed by atoms with Crippen molar-refractivity contribution in [1.82, 2.24) is 0 Å². The maximum Gasteiger partial charge on any atom is 0.166 e. The Bertz CT molecular complexity index is 344. The highest BCUT2D eigenvalue weighted by Crippen LogP contribution is 2.28. The second-order valence-electron chi connectivity index (χ2n) is 3.27. The highest BCUT2D eigenvalue weighted by molar-refractivity contribution is 9.10. The predicted octanol–water partition coefficient (Wildman–Crippen LogP) is 2.82. The van der Waals surface area contributed by atoms with Gasteiger partial charge in [-0.1, -0.05) is 28.9 Å². The second kappa shape index (κ2) is 2.70. The lowest BCUT2D eigenvalue weighted by molar-refractivity contribution is 0.0946. The third kappa shape index (κ3) is 1.11. The van der Waals surface area contributed by atoms with Crippen LogP contribution in [0.25, 0.3) is 0 Å². The molecule has 1 aromatic rings. The summed E-state index contributed by atoms with van der Waals surface area (Å²) in [4.78, 5) is 11.5. The van der Waals surface area contributed by atoms with Gasteiger partial charge in [-0.15, -0.1) is 0 Å². The Morgan fingerprint density at radius 1 is 1.50 bits per heavy atom. The molecule has 0 fully saturated rings. The molecule has 62 valence electrons. The lowest BCUT2D eigenvalue weighted by Crippen LogP contribution is -2.02. The van der Waals surface area contributed by atoms with Crippen molar-refractivity contribution in [3.05, 3.63) is 33.8 Å². The first kappa shape index (κ1) is 7.99. The molecular formula is C10H9BrO. The van der Waals surface area contributed by atoms with Crippen LogP contribution in [0.15, 0.2) is 22.7 Å². The lowest BCUT2D eigenvalue weighted by Gasteiger charge is -1.96.